The number of nitrogens with two attached hydrogens (primary N) is 1. The first-order valence-corrected chi connectivity index (χ1v) is 6.01. The molecule has 0 radical (unpaired) electrons. The van der Waals surface area contributed by atoms with Gasteiger partial charge in [-0.3, -0.25) is 0 Å². The van der Waals surface area contributed by atoms with E-state index in [1.54, 1.807) is 6.20 Å². The smallest absolute Gasteiger partial charge is 0.223 e. The van der Waals surface area contributed by atoms with Crippen LogP contribution < -0.4 is 10.5 Å². The van der Waals surface area contributed by atoms with Crippen LogP contribution >= 0.6 is 0 Å². The van der Waals surface area contributed by atoms with Gasteiger partial charge in [-0.2, -0.15) is 4.98 Å². The number of aromatic nitrogens is 2. The molecule has 0 aromatic carbocycles. The molecule has 0 spiro atoms. The Balaban J connectivity index is 2.04. The Morgan fingerprint density at radius 1 is 1.25 bits per heavy atom. The van der Waals surface area contributed by atoms with Crippen molar-refractivity contribution in [3.63, 3.8) is 0 Å². The van der Waals surface area contributed by atoms with Crippen molar-refractivity contribution in [3.8, 4) is 5.88 Å². The van der Waals surface area contributed by atoms with Crippen LogP contribution in [0.4, 0.5) is 5.95 Å². The van der Waals surface area contributed by atoms with Crippen molar-refractivity contribution in [2.24, 2.45) is 0 Å². The zero-order valence-corrected chi connectivity index (χ0v) is 9.78. The first-order chi connectivity index (χ1) is 7.75. The van der Waals surface area contributed by atoms with E-state index < -0.39 is 0 Å². The van der Waals surface area contributed by atoms with E-state index in [9.17, 15) is 0 Å². The van der Waals surface area contributed by atoms with Gasteiger partial charge < -0.3 is 10.5 Å². The van der Waals surface area contributed by atoms with Crippen molar-refractivity contribution in [3.05, 3.63) is 11.8 Å². The zero-order valence-electron chi connectivity index (χ0n) is 9.78. The minimum Gasteiger partial charge on any atom is -0.474 e. The van der Waals surface area contributed by atoms with Crippen LogP contribution in [-0.4, -0.2) is 16.1 Å². The van der Waals surface area contributed by atoms with Crippen LogP contribution in [-0.2, 0) is 0 Å². The van der Waals surface area contributed by atoms with Crippen LogP contribution in [0.1, 0.15) is 44.1 Å². The Labute approximate surface area is 96.2 Å². The number of anilines is 1. The quantitative estimate of drug-likeness (QED) is 0.779. The minimum atomic E-state index is 0.286. The van der Waals surface area contributed by atoms with Gasteiger partial charge in [-0.25, -0.2) is 4.98 Å². The fourth-order valence-corrected chi connectivity index (χ4v) is 2.08. The number of rotatable bonds is 2. The lowest BCUT2D eigenvalue weighted by atomic mass is 10.1. The van der Waals surface area contributed by atoms with Crippen LogP contribution in [0.5, 0.6) is 5.88 Å². The van der Waals surface area contributed by atoms with E-state index in [4.69, 9.17) is 10.5 Å². The van der Waals surface area contributed by atoms with Crippen LogP contribution in [0.15, 0.2) is 6.20 Å². The van der Waals surface area contributed by atoms with Crippen LogP contribution in [0, 0.1) is 6.92 Å². The van der Waals surface area contributed by atoms with Gasteiger partial charge in [-0.1, -0.05) is 12.8 Å². The third kappa shape index (κ3) is 2.84. The summed E-state index contributed by atoms with van der Waals surface area (Å²) in [5.74, 6) is 0.939. The standard InChI is InChI=1S/C12H19N3O/c1-9-8-14-12(13)15-11(9)16-10-6-4-2-3-5-7-10/h8,10H,2-7H2,1H3,(H2,13,14,15). The molecule has 0 aliphatic heterocycles. The summed E-state index contributed by atoms with van der Waals surface area (Å²) in [7, 11) is 0. The molecule has 1 aromatic rings. The van der Waals surface area contributed by atoms with Gasteiger partial charge in [0.2, 0.25) is 11.8 Å². The highest BCUT2D eigenvalue weighted by atomic mass is 16.5. The predicted molar refractivity (Wildman–Crippen MR) is 63.3 cm³/mol. The molecule has 0 saturated heterocycles. The molecule has 0 atom stereocenters. The molecule has 0 unspecified atom stereocenters. The van der Waals surface area contributed by atoms with E-state index in [-0.39, 0.29) is 5.95 Å². The van der Waals surface area contributed by atoms with E-state index >= 15 is 0 Å². The van der Waals surface area contributed by atoms with Crippen molar-refractivity contribution in [1.29, 1.82) is 0 Å². The third-order valence-corrected chi connectivity index (χ3v) is 3.02. The first-order valence-electron chi connectivity index (χ1n) is 6.01. The summed E-state index contributed by atoms with van der Waals surface area (Å²) >= 11 is 0. The second-order valence-electron chi connectivity index (χ2n) is 4.45. The Morgan fingerprint density at radius 3 is 2.62 bits per heavy atom. The lowest BCUT2D eigenvalue weighted by molar-refractivity contribution is 0.175. The van der Waals surface area contributed by atoms with Gasteiger partial charge in [0.15, 0.2) is 0 Å². The molecule has 4 nitrogen and oxygen atoms in total. The topological polar surface area (TPSA) is 61.0 Å². The number of hydrogen-bond donors (Lipinski definition) is 1. The molecule has 1 saturated carbocycles. The number of nitrogens with zero attached hydrogens (tertiary/aromatic N) is 2. The van der Waals surface area contributed by atoms with E-state index in [0.29, 0.717) is 12.0 Å². The van der Waals surface area contributed by atoms with Crippen LogP contribution in [0.25, 0.3) is 0 Å². The highest BCUT2D eigenvalue weighted by molar-refractivity contribution is 5.28. The van der Waals surface area contributed by atoms with Crippen LogP contribution in [0.2, 0.25) is 0 Å². The molecule has 2 rings (SSSR count). The highest BCUT2D eigenvalue weighted by Gasteiger charge is 2.15. The second-order valence-corrected chi connectivity index (χ2v) is 4.45. The average Bonchev–Trinajstić information content (AvgIpc) is 2.52. The maximum absolute atomic E-state index is 5.92. The molecule has 1 aromatic heterocycles. The molecule has 0 bridgehead atoms. The fraction of sp³-hybridized carbons (Fsp3) is 0.667. The normalized spacial score (nSPS) is 18.1. The fourth-order valence-electron chi connectivity index (χ4n) is 2.08. The number of hydrogen-bond acceptors (Lipinski definition) is 4. The summed E-state index contributed by atoms with van der Waals surface area (Å²) in [5, 5.41) is 0. The molecule has 4 heteroatoms. The molecule has 88 valence electrons. The average molecular weight is 221 g/mol. The van der Waals surface area contributed by atoms with Gasteiger partial charge in [0, 0.05) is 11.8 Å². The minimum absolute atomic E-state index is 0.286. The highest BCUT2D eigenvalue weighted by Crippen LogP contribution is 2.23. The molecule has 16 heavy (non-hydrogen) atoms. The molecule has 1 aliphatic carbocycles. The molecule has 1 fully saturated rings. The summed E-state index contributed by atoms with van der Waals surface area (Å²) < 4.78 is 5.92. The van der Waals surface area contributed by atoms with Gasteiger partial charge in [0.05, 0.1) is 0 Å². The number of ether oxygens (including phenoxy) is 1. The van der Waals surface area contributed by atoms with E-state index in [0.717, 1.165) is 18.4 Å². The maximum atomic E-state index is 5.92. The van der Waals surface area contributed by atoms with Gasteiger partial charge >= 0.3 is 0 Å². The second kappa shape index (κ2) is 5.14. The Kier molecular flexibility index (Phi) is 3.59. The van der Waals surface area contributed by atoms with Crippen LogP contribution in [0.3, 0.4) is 0 Å². The van der Waals surface area contributed by atoms with E-state index in [1.165, 1.54) is 25.7 Å². The monoisotopic (exact) mass is 221 g/mol. The molecule has 1 heterocycles. The van der Waals surface area contributed by atoms with Crippen molar-refractivity contribution < 1.29 is 4.74 Å². The third-order valence-electron chi connectivity index (χ3n) is 3.02. The molecule has 0 amide bonds. The summed E-state index contributed by atoms with van der Waals surface area (Å²) in [6.45, 7) is 1.95. The summed E-state index contributed by atoms with van der Waals surface area (Å²) in [4.78, 5) is 8.08. The SMILES string of the molecule is Cc1cnc(N)nc1OC1CCCCCC1. The molecular weight excluding hydrogens is 202 g/mol. The number of nitrogen functional groups attached to an aromatic ring is 1. The number of aryl methyl sites for hydroxylation is 1. The summed E-state index contributed by atoms with van der Waals surface area (Å²) in [5.41, 5.74) is 6.52. The lowest BCUT2D eigenvalue weighted by Gasteiger charge is -2.17. The van der Waals surface area contributed by atoms with Crippen molar-refractivity contribution in [2.45, 2.75) is 51.6 Å². The summed E-state index contributed by atoms with van der Waals surface area (Å²) in [6.07, 6.45) is 9.43. The maximum Gasteiger partial charge on any atom is 0.223 e. The largest absolute Gasteiger partial charge is 0.474 e. The molecule has 1 aliphatic rings. The van der Waals surface area contributed by atoms with Gasteiger partial charge in [0.1, 0.15) is 6.10 Å². The van der Waals surface area contributed by atoms with Gasteiger partial charge in [-0.05, 0) is 32.6 Å². The lowest BCUT2D eigenvalue weighted by Crippen LogP contribution is -2.17. The van der Waals surface area contributed by atoms with Gasteiger partial charge in [-0.15, -0.1) is 0 Å². The molecule has 2 N–H and O–H groups in total. The summed E-state index contributed by atoms with van der Waals surface area (Å²) in [6, 6.07) is 0. The first kappa shape index (κ1) is 11.2. The van der Waals surface area contributed by atoms with Crippen molar-refractivity contribution >= 4 is 5.95 Å². The van der Waals surface area contributed by atoms with E-state index in [2.05, 4.69) is 9.97 Å². The predicted octanol–water partition coefficient (Wildman–Crippen LogP) is 2.47. The van der Waals surface area contributed by atoms with Crippen molar-refractivity contribution in [1.82, 2.24) is 9.97 Å². The molecular formula is C12H19N3O. The van der Waals surface area contributed by atoms with Crippen molar-refractivity contribution in [2.75, 3.05) is 5.73 Å². The van der Waals surface area contributed by atoms with E-state index in [1.807, 2.05) is 6.92 Å². The Hall–Kier alpha value is -1.32. The Bertz CT molecular complexity index is 346. The zero-order chi connectivity index (χ0) is 11.4. The van der Waals surface area contributed by atoms with Gasteiger partial charge in [0.25, 0.3) is 0 Å². The Morgan fingerprint density at radius 2 is 1.94 bits per heavy atom.